The number of hydrogen-bond donors (Lipinski definition) is 1. The molecule has 1 spiro atoms. The highest BCUT2D eigenvalue weighted by molar-refractivity contribution is 5.74. The molecular formula is C21H23F3N6O. The Hall–Kier alpha value is -2.88. The zero-order valence-electron chi connectivity index (χ0n) is 16.9. The molecule has 0 bridgehead atoms. The molecule has 0 unspecified atom stereocenters. The second-order valence-corrected chi connectivity index (χ2v) is 8.33. The molecule has 0 radical (unpaired) electrons. The number of nitrogens with zero attached hydrogens (tertiary/aromatic N) is 5. The Morgan fingerprint density at radius 3 is 2.71 bits per heavy atom. The fourth-order valence-electron chi connectivity index (χ4n) is 4.73. The number of nitrogens with one attached hydrogen (secondary N) is 1. The van der Waals surface area contributed by atoms with E-state index >= 15 is 0 Å². The highest BCUT2D eigenvalue weighted by Crippen LogP contribution is 2.39. The van der Waals surface area contributed by atoms with Crippen LogP contribution in [0.4, 0.5) is 19.0 Å². The summed E-state index contributed by atoms with van der Waals surface area (Å²) in [6.07, 6.45) is -0.0746. The van der Waals surface area contributed by atoms with Crippen LogP contribution in [0.5, 0.6) is 5.75 Å². The minimum absolute atomic E-state index is 0.311. The first-order valence-corrected chi connectivity index (χ1v) is 10.5. The molecule has 0 atom stereocenters. The summed E-state index contributed by atoms with van der Waals surface area (Å²) in [7, 11) is 0. The Bertz CT molecular complexity index is 1070. The van der Waals surface area contributed by atoms with Crippen molar-refractivity contribution >= 4 is 17.0 Å². The van der Waals surface area contributed by atoms with Crippen molar-refractivity contribution in [2.24, 2.45) is 5.41 Å². The lowest BCUT2D eigenvalue weighted by atomic mass is 9.73. The van der Waals surface area contributed by atoms with Crippen LogP contribution in [-0.4, -0.2) is 52.5 Å². The molecule has 2 aliphatic rings. The van der Waals surface area contributed by atoms with Gasteiger partial charge in [-0.1, -0.05) is 11.3 Å². The third-order valence-corrected chi connectivity index (χ3v) is 6.23. The SMILES string of the molecule is FC(F)(F)Oc1cccc(-n2nnc3ccc(N4CCCC5(CCNCC5)C4)nc32)c1. The monoisotopic (exact) mass is 432 g/mol. The molecule has 7 nitrogen and oxygen atoms in total. The summed E-state index contributed by atoms with van der Waals surface area (Å²) in [5.74, 6) is 0.532. The number of aromatic nitrogens is 4. The zero-order chi connectivity index (χ0) is 21.5. The average molecular weight is 432 g/mol. The van der Waals surface area contributed by atoms with Gasteiger partial charge in [-0.05, 0) is 68.5 Å². The van der Waals surface area contributed by atoms with Crippen molar-refractivity contribution in [3.8, 4) is 11.4 Å². The van der Waals surface area contributed by atoms with Crippen LogP contribution in [0.15, 0.2) is 36.4 Å². The lowest BCUT2D eigenvalue weighted by molar-refractivity contribution is -0.274. The minimum Gasteiger partial charge on any atom is -0.406 e. The second kappa shape index (κ2) is 7.67. The van der Waals surface area contributed by atoms with Crippen LogP contribution in [0.3, 0.4) is 0 Å². The van der Waals surface area contributed by atoms with Gasteiger partial charge in [0.25, 0.3) is 0 Å². The first-order valence-electron chi connectivity index (χ1n) is 10.5. The van der Waals surface area contributed by atoms with Crippen LogP contribution in [0.25, 0.3) is 16.9 Å². The van der Waals surface area contributed by atoms with E-state index in [0.717, 1.165) is 51.3 Å². The number of piperidine rings is 2. The molecule has 1 aromatic carbocycles. The fraction of sp³-hybridized carbons (Fsp3) is 0.476. The van der Waals surface area contributed by atoms with Crippen molar-refractivity contribution in [3.63, 3.8) is 0 Å². The number of ether oxygens (including phenoxy) is 1. The highest BCUT2D eigenvalue weighted by atomic mass is 19.4. The third-order valence-electron chi connectivity index (χ3n) is 6.23. The molecular weight excluding hydrogens is 409 g/mol. The first-order chi connectivity index (χ1) is 14.9. The van der Waals surface area contributed by atoms with Gasteiger partial charge in [-0.25, -0.2) is 4.98 Å². The van der Waals surface area contributed by atoms with E-state index in [1.54, 1.807) is 6.07 Å². The summed E-state index contributed by atoms with van der Waals surface area (Å²) in [5, 5.41) is 11.7. The van der Waals surface area contributed by atoms with E-state index in [1.807, 2.05) is 12.1 Å². The van der Waals surface area contributed by atoms with Gasteiger partial charge in [-0.3, -0.25) is 0 Å². The Morgan fingerprint density at radius 1 is 1.06 bits per heavy atom. The van der Waals surface area contributed by atoms with Gasteiger partial charge in [0.1, 0.15) is 17.1 Å². The van der Waals surface area contributed by atoms with Crippen LogP contribution in [0.1, 0.15) is 25.7 Å². The quantitative estimate of drug-likeness (QED) is 0.681. The van der Waals surface area contributed by atoms with E-state index in [9.17, 15) is 13.2 Å². The van der Waals surface area contributed by atoms with Gasteiger partial charge in [0.15, 0.2) is 5.65 Å². The standard InChI is InChI=1S/C21H23F3N6O/c22-21(23,24)31-16-4-1-3-15(13-16)30-19-17(27-28-30)5-6-18(26-19)29-12-2-7-20(14-29)8-10-25-11-9-20/h1,3-6,13,25H,2,7-12,14H2. The number of alkyl halides is 3. The Morgan fingerprint density at radius 2 is 1.90 bits per heavy atom. The molecule has 0 aliphatic carbocycles. The number of halogens is 3. The topological polar surface area (TPSA) is 68.1 Å². The lowest BCUT2D eigenvalue weighted by Crippen LogP contribution is -2.48. The molecule has 4 heterocycles. The van der Waals surface area contributed by atoms with Gasteiger partial charge in [0, 0.05) is 19.2 Å². The smallest absolute Gasteiger partial charge is 0.406 e. The van der Waals surface area contributed by atoms with Crippen molar-refractivity contribution in [1.82, 2.24) is 25.3 Å². The van der Waals surface area contributed by atoms with Crippen LogP contribution in [0.2, 0.25) is 0 Å². The lowest BCUT2D eigenvalue weighted by Gasteiger charge is -2.45. The molecule has 5 rings (SSSR count). The molecule has 0 amide bonds. The van der Waals surface area contributed by atoms with E-state index in [0.29, 0.717) is 22.3 Å². The van der Waals surface area contributed by atoms with Crippen molar-refractivity contribution in [1.29, 1.82) is 0 Å². The molecule has 2 fully saturated rings. The molecule has 0 saturated carbocycles. The summed E-state index contributed by atoms with van der Waals surface area (Å²) in [5.41, 5.74) is 1.82. The first kappa shape index (κ1) is 20.0. The zero-order valence-corrected chi connectivity index (χ0v) is 16.9. The number of pyridine rings is 1. The number of benzene rings is 1. The summed E-state index contributed by atoms with van der Waals surface area (Å²) in [4.78, 5) is 7.12. The van der Waals surface area contributed by atoms with Crippen molar-refractivity contribution < 1.29 is 17.9 Å². The average Bonchev–Trinajstić information content (AvgIpc) is 3.17. The molecule has 2 saturated heterocycles. The van der Waals surface area contributed by atoms with E-state index < -0.39 is 6.36 Å². The maximum absolute atomic E-state index is 12.6. The Labute approximate surface area is 177 Å². The fourth-order valence-corrected chi connectivity index (χ4v) is 4.73. The van der Waals surface area contributed by atoms with E-state index in [2.05, 4.69) is 25.3 Å². The summed E-state index contributed by atoms with van der Waals surface area (Å²) < 4.78 is 43.3. The van der Waals surface area contributed by atoms with Crippen molar-refractivity contribution in [3.05, 3.63) is 36.4 Å². The molecule has 3 aromatic rings. The Balaban J connectivity index is 1.46. The van der Waals surface area contributed by atoms with E-state index in [1.165, 1.54) is 29.3 Å². The van der Waals surface area contributed by atoms with Gasteiger partial charge >= 0.3 is 6.36 Å². The summed E-state index contributed by atoms with van der Waals surface area (Å²) >= 11 is 0. The minimum atomic E-state index is -4.76. The molecule has 2 aromatic heterocycles. The van der Waals surface area contributed by atoms with Gasteiger partial charge in [-0.2, -0.15) is 4.68 Å². The Kier molecular flexibility index (Phi) is 4.96. The number of fused-ring (bicyclic) bond motifs is 1. The van der Waals surface area contributed by atoms with Gasteiger partial charge in [0.05, 0.1) is 5.69 Å². The molecule has 1 N–H and O–H groups in total. The number of anilines is 1. The molecule has 164 valence electrons. The van der Waals surface area contributed by atoms with Gasteiger partial charge < -0.3 is 15.0 Å². The predicted octanol–water partition coefficient (Wildman–Crippen LogP) is 3.68. The number of rotatable bonds is 3. The van der Waals surface area contributed by atoms with Crippen LogP contribution in [0, 0.1) is 5.41 Å². The van der Waals surface area contributed by atoms with Crippen molar-refractivity contribution in [2.45, 2.75) is 32.0 Å². The third kappa shape index (κ3) is 4.16. The van der Waals surface area contributed by atoms with Crippen LogP contribution < -0.4 is 15.0 Å². The normalized spacial score (nSPS) is 19.1. The van der Waals surface area contributed by atoms with E-state index in [-0.39, 0.29) is 5.75 Å². The predicted molar refractivity (Wildman–Crippen MR) is 109 cm³/mol. The largest absolute Gasteiger partial charge is 0.573 e. The van der Waals surface area contributed by atoms with Gasteiger partial charge in [-0.15, -0.1) is 18.3 Å². The molecule has 31 heavy (non-hydrogen) atoms. The van der Waals surface area contributed by atoms with Crippen LogP contribution in [-0.2, 0) is 0 Å². The van der Waals surface area contributed by atoms with Crippen LogP contribution >= 0.6 is 0 Å². The van der Waals surface area contributed by atoms with Crippen molar-refractivity contribution in [2.75, 3.05) is 31.1 Å². The van der Waals surface area contributed by atoms with E-state index in [4.69, 9.17) is 4.98 Å². The summed E-state index contributed by atoms with van der Waals surface area (Å²) in [6, 6.07) is 9.48. The second-order valence-electron chi connectivity index (χ2n) is 8.33. The highest BCUT2D eigenvalue weighted by Gasteiger charge is 2.37. The van der Waals surface area contributed by atoms with Gasteiger partial charge in [0.2, 0.25) is 0 Å². The molecule has 10 heteroatoms. The maximum Gasteiger partial charge on any atom is 0.573 e. The summed E-state index contributed by atoms with van der Waals surface area (Å²) in [6.45, 7) is 3.99. The maximum atomic E-state index is 12.6. The number of hydrogen-bond acceptors (Lipinski definition) is 6. The molecule has 2 aliphatic heterocycles.